The minimum absolute atomic E-state index is 0. The van der Waals surface area contributed by atoms with Crippen molar-refractivity contribution in [2.45, 2.75) is 75.3 Å². The predicted octanol–water partition coefficient (Wildman–Crippen LogP) is 11.2. The topological polar surface area (TPSA) is 0 Å². The van der Waals surface area contributed by atoms with E-state index in [0.29, 0.717) is 5.66 Å². The first-order valence-corrected chi connectivity index (χ1v) is 20.8. The quantitative estimate of drug-likeness (QED) is 0.131. The van der Waals surface area contributed by atoms with E-state index in [0.717, 1.165) is 35.0 Å². The van der Waals surface area contributed by atoms with E-state index in [4.69, 9.17) is 0 Å². The summed E-state index contributed by atoms with van der Waals surface area (Å²) >= 11 is 0. The van der Waals surface area contributed by atoms with E-state index in [9.17, 15) is 0 Å². The minimum Gasteiger partial charge on any atom is -0.214 e. The predicted molar refractivity (Wildman–Crippen MR) is 202 cm³/mol. The van der Waals surface area contributed by atoms with Gasteiger partial charge >= 0.3 is 17.1 Å². The number of rotatable bonds is 7. The summed E-state index contributed by atoms with van der Waals surface area (Å²) in [6.45, 7) is 2.67. The van der Waals surface area contributed by atoms with Crippen LogP contribution >= 0.6 is 15.8 Å². The Labute approximate surface area is 297 Å². The molecule has 9 rings (SSSR count). The molecule has 0 nitrogen and oxygen atoms in total. The molecule has 0 radical (unpaired) electrons. The van der Waals surface area contributed by atoms with Crippen molar-refractivity contribution in [3.63, 3.8) is 0 Å². The van der Waals surface area contributed by atoms with E-state index in [1.54, 1.807) is 31.3 Å². The van der Waals surface area contributed by atoms with Gasteiger partial charge in [0.1, 0.15) is 0 Å². The molecule has 2 unspecified atom stereocenters. The van der Waals surface area contributed by atoms with E-state index < -0.39 is 7.92 Å². The van der Waals surface area contributed by atoms with Crippen molar-refractivity contribution in [3.05, 3.63) is 156 Å². The molecule has 242 valence electrons. The van der Waals surface area contributed by atoms with E-state index in [1.165, 1.54) is 53.1 Å². The molecule has 3 aromatic rings. The Hall–Kier alpha value is -2.26. The van der Waals surface area contributed by atoms with Gasteiger partial charge in [-0.25, -0.2) is 12.1 Å². The van der Waals surface area contributed by atoms with Gasteiger partial charge in [-0.1, -0.05) is 131 Å². The Balaban J connectivity index is 0.000000538. The first kappa shape index (κ1) is 33.2. The second-order valence-corrected chi connectivity index (χ2v) is 19.7. The molecule has 0 N–H and O–H groups in total. The van der Waals surface area contributed by atoms with Crippen LogP contribution in [0.3, 0.4) is 0 Å². The maximum Gasteiger partial charge on any atom is 2.00 e. The minimum atomic E-state index is -0.639. The molecule has 3 heteroatoms. The zero-order chi connectivity index (χ0) is 30.9. The smallest absolute Gasteiger partial charge is 0.214 e. The Morgan fingerprint density at radius 1 is 0.681 bits per heavy atom. The maximum absolute atomic E-state index is 2.67. The van der Waals surface area contributed by atoms with Crippen molar-refractivity contribution in [2.75, 3.05) is 0 Å². The van der Waals surface area contributed by atoms with Crippen LogP contribution in [0, 0.1) is 29.3 Å². The van der Waals surface area contributed by atoms with Gasteiger partial charge in [0.2, 0.25) is 0 Å². The van der Waals surface area contributed by atoms with Crippen LogP contribution in [0.15, 0.2) is 150 Å². The van der Waals surface area contributed by atoms with Crippen molar-refractivity contribution in [1.29, 1.82) is 0 Å². The normalized spacial score (nSPS) is 31.1. The zero-order valence-electron chi connectivity index (χ0n) is 27.6. The van der Waals surface area contributed by atoms with E-state index in [1.807, 2.05) is 30.3 Å². The summed E-state index contributed by atoms with van der Waals surface area (Å²) in [4.78, 5) is 0. The van der Waals surface area contributed by atoms with Crippen LogP contribution in [0.25, 0.3) is 0 Å². The van der Waals surface area contributed by atoms with Crippen molar-refractivity contribution in [1.82, 2.24) is 0 Å². The summed E-state index contributed by atoms with van der Waals surface area (Å²) in [6, 6.07) is 32.5. The van der Waals surface area contributed by atoms with Gasteiger partial charge in [0.15, 0.2) is 0 Å². The molecule has 4 bridgehead atoms. The molecule has 0 heterocycles. The van der Waals surface area contributed by atoms with Gasteiger partial charge in [-0.2, -0.15) is 18.2 Å². The first-order valence-electron chi connectivity index (χ1n) is 17.9. The van der Waals surface area contributed by atoms with Crippen molar-refractivity contribution in [3.8, 4) is 0 Å². The number of benzene rings is 2. The average Bonchev–Trinajstić information content (AvgIpc) is 3.97. The number of fused-ring (bicyclic) bond motifs is 4. The van der Waals surface area contributed by atoms with Gasteiger partial charge in [0.25, 0.3) is 0 Å². The Morgan fingerprint density at radius 3 is 1.77 bits per heavy atom. The molecular formula is C44H48FeP2. The van der Waals surface area contributed by atoms with Gasteiger partial charge in [-0.3, -0.25) is 0 Å². The van der Waals surface area contributed by atoms with E-state index in [-0.39, 0.29) is 25.0 Å². The molecule has 47 heavy (non-hydrogen) atoms. The standard InChI is InChI=1S/C39H43P2.C5H5.Fe/c1-27(40(38-25-28-19-21-30(38)23-28)39-26-29-20-22-31(39)24-29)34-16-10-17-35(34)36-15-8-9-18-37(36)41(32-11-4-2-5-12-32)33-13-6-3-7-14-33;1-2-4-5-3-1;/h2-18,27-31,38-39H,19-26H2,1H3;1-5H;/q2*-1;+2/b36-35+;;/t27-,28-,29-,30+,31+,38?,39?,40?;;/m1../s1. The summed E-state index contributed by atoms with van der Waals surface area (Å²) < 4.78 is 0. The zero-order valence-corrected chi connectivity index (χ0v) is 30.5. The molecule has 0 spiro atoms. The van der Waals surface area contributed by atoms with Crippen LogP contribution in [-0.4, -0.2) is 17.0 Å². The molecule has 0 amide bonds. The van der Waals surface area contributed by atoms with Crippen LogP contribution < -0.4 is 10.6 Å². The molecular weight excluding hydrogens is 646 g/mol. The van der Waals surface area contributed by atoms with Crippen LogP contribution in [0.1, 0.15) is 58.3 Å². The fourth-order valence-electron chi connectivity index (χ4n) is 9.98. The number of hydrogen-bond acceptors (Lipinski definition) is 0. The van der Waals surface area contributed by atoms with Crippen LogP contribution in [0.5, 0.6) is 0 Å². The molecule has 7 atom stereocenters. The second kappa shape index (κ2) is 15.1. The number of hydrogen-bond donors (Lipinski definition) is 0. The van der Waals surface area contributed by atoms with Gasteiger partial charge < -0.3 is 0 Å². The number of allylic oxidation sites excluding steroid dienone is 10. The van der Waals surface area contributed by atoms with Gasteiger partial charge in [-0.05, 0) is 89.8 Å². The summed E-state index contributed by atoms with van der Waals surface area (Å²) in [5.41, 5.74) is 8.88. The molecule has 0 saturated heterocycles. The monoisotopic (exact) mass is 694 g/mol. The molecule has 6 aliphatic rings. The molecule has 0 aliphatic heterocycles. The summed E-state index contributed by atoms with van der Waals surface area (Å²) in [5, 5.41) is 2.88. The summed E-state index contributed by atoms with van der Waals surface area (Å²) in [7, 11) is -0.657. The van der Waals surface area contributed by atoms with Gasteiger partial charge in [0, 0.05) is 0 Å². The molecule has 3 aromatic carbocycles. The fraction of sp³-hybridized carbons (Fsp3) is 0.364. The van der Waals surface area contributed by atoms with E-state index >= 15 is 0 Å². The molecule has 6 aliphatic carbocycles. The second-order valence-electron chi connectivity index (χ2n) is 14.5. The largest absolute Gasteiger partial charge is 2.00 e. The maximum atomic E-state index is 2.67. The van der Waals surface area contributed by atoms with Gasteiger partial charge in [0.05, 0.1) is 0 Å². The third-order valence-corrected chi connectivity index (χ3v) is 18.4. The third kappa shape index (κ3) is 6.82. The van der Waals surface area contributed by atoms with Crippen LogP contribution in [0.4, 0.5) is 0 Å². The molecule has 4 saturated carbocycles. The van der Waals surface area contributed by atoms with Crippen LogP contribution in [0.2, 0.25) is 0 Å². The van der Waals surface area contributed by atoms with Crippen molar-refractivity contribution < 1.29 is 17.1 Å². The van der Waals surface area contributed by atoms with Gasteiger partial charge in [-0.15, -0.1) is 29.9 Å². The molecule has 0 aromatic heterocycles. The average molecular weight is 695 g/mol. The van der Waals surface area contributed by atoms with Crippen LogP contribution in [-0.2, 0) is 17.1 Å². The Bertz CT molecular complexity index is 1530. The van der Waals surface area contributed by atoms with Crippen molar-refractivity contribution >= 4 is 26.5 Å². The fourth-order valence-corrected chi connectivity index (χ4v) is 17.2. The van der Waals surface area contributed by atoms with Crippen molar-refractivity contribution in [2.24, 2.45) is 23.7 Å². The summed E-state index contributed by atoms with van der Waals surface area (Å²) in [5.74, 6) is 4.15. The summed E-state index contributed by atoms with van der Waals surface area (Å²) in [6.07, 6.45) is 29.1. The Morgan fingerprint density at radius 2 is 1.28 bits per heavy atom. The van der Waals surface area contributed by atoms with E-state index in [2.05, 4.69) is 110 Å². The molecule has 4 fully saturated rings. The third-order valence-electron chi connectivity index (χ3n) is 11.9. The SMILES string of the molecule is C[C@H](C1=CC=C/C1=C1/C=CC=C[C-]1P(c1ccccc1)c1ccccc1)P(C1C[C@@H]2CC[C@H]1C2)C1C[C@@H]2CC[C@H]1C2.[Fe+2].c1cc[cH-]c1. The Kier molecular flexibility index (Phi) is 10.7. The first-order chi connectivity index (χ1) is 22.7.